The molecule has 0 aromatic heterocycles. The van der Waals surface area contributed by atoms with Gasteiger partial charge in [0.05, 0.1) is 16.3 Å². The largest absolute Gasteiger partial charge is 0.508 e. The molecule has 28 heavy (non-hydrogen) atoms. The molecule has 0 heterocycles. The fraction of sp³-hybridized carbons (Fsp3) is 0.300. The molecule has 2 aromatic rings. The van der Waals surface area contributed by atoms with Crippen molar-refractivity contribution in [3.63, 3.8) is 0 Å². The lowest BCUT2D eigenvalue weighted by Gasteiger charge is -2.15. The highest BCUT2D eigenvalue weighted by molar-refractivity contribution is 6.37. The van der Waals surface area contributed by atoms with Crippen molar-refractivity contribution in [1.82, 2.24) is 0 Å². The molecule has 8 heteroatoms. The van der Waals surface area contributed by atoms with Gasteiger partial charge in [0.15, 0.2) is 5.75 Å². The molecule has 2 unspecified atom stereocenters. The summed E-state index contributed by atoms with van der Waals surface area (Å²) in [5.41, 5.74) is 1.30. The van der Waals surface area contributed by atoms with Crippen LogP contribution < -0.4 is 4.74 Å². The second-order valence-corrected chi connectivity index (χ2v) is 7.08. The van der Waals surface area contributed by atoms with Gasteiger partial charge in [-0.05, 0) is 55.2 Å². The van der Waals surface area contributed by atoms with E-state index in [2.05, 4.69) is 5.16 Å². The van der Waals surface area contributed by atoms with Crippen molar-refractivity contribution >= 4 is 35.4 Å². The number of nitrogens with zero attached hydrogens (tertiary/aromatic N) is 1. The fourth-order valence-corrected chi connectivity index (χ4v) is 2.89. The van der Waals surface area contributed by atoms with Crippen LogP contribution in [0.1, 0.15) is 44.2 Å². The number of carboxylic acid groups (broad SMARTS) is 1. The Kier molecular flexibility index (Phi) is 7.54. The Hall–Kier alpha value is -2.44. The number of phenolic OH excluding ortho intramolecular Hbond substituents is 1. The summed E-state index contributed by atoms with van der Waals surface area (Å²) in [6, 6.07) is 8.09. The summed E-state index contributed by atoms with van der Waals surface area (Å²) < 4.78 is 5.83. The molecule has 0 saturated carbocycles. The lowest BCUT2D eigenvalue weighted by molar-refractivity contribution is -0.149. The monoisotopic (exact) mass is 425 g/mol. The van der Waals surface area contributed by atoms with Gasteiger partial charge in [-0.15, -0.1) is 0 Å². The number of rotatable bonds is 8. The number of hydrogen-bond donors (Lipinski definition) is 2. The topological polar surface area (TPSA) is 88.4 Å². The van der Waals surface area contributed by atoms with Crippen molar-refractivity contribution in [2.45, 2.75) is 39.2 Å². The minimum atomic E-state index is -1.12. The maximum Gasteiger partial charge on any atom is 0.347 e. The van der Waals surface area contributed by atoms with Gasteiger partial charge in [-0.2, -0.15) is 0 Å². The first-order valence-corrected chi connectivity index (χ1v) is 9.40. The van der Waals surface area contributed by atoms with Gasteiger partial charge in [-0.3, -0.25) is 0 Å². The SMILES string of the molecule is CCC(C)c1cc(Oc2c(Cl)cc(/C=N\OC(C)C(=O)O)cc2Cl)ccc1O. The minimum Gasteiger partial charge on any atom is -0.508 e. The van der Waals surface area contributed by atoms with E-state index >= 15 is 0 Å². The molecule has 0 radical (unpaired) electrons. The number of benzene rings is 2. The molecule has 0 aliphatic rings. The quantitative estimate of drug-likeness (QED) is 0.410. The van der Waals surface area contributed by atoms with Crippen LogP contribution in [0.25, 0.3) is 0 Å². The summed E-state index contributed by atoms with van der Waals surface area (Å²) in [6.07, 6.45) is 1.11. The highest BCUT2D eigenvalue weighted by atomic mass is 35.5. The van der Waals surface area contributed by atoms with Crippen LogP contribution in [0.5, 0.6) is 17.2 Å². The van der Waals surface area contributed by atoms with E-state index in [0.717, 1.165) is 12.0 Å². The number of hydrogen-bond acceptors (Lipinski definition) is 5. The number of carboxylic acids is 1. The van der Waals surface area contributed by atoms with Crippen molar-refractivity contribution < 1.29 is 24.6 Å². The Balaban J connectivity index is 2.22. The van der Waals surface area contributed by atoms with Crippen molar-refractivity contribution in [1.29, 1.82) is 0 Å². The van der Waals surface area contributed by atoms with E-state index in [-0.39, 0.29) is 27.5 Å². The minimum absolute atomic E-state index is 0.168. The third-order valence-corrected chi connectivity index (χ3v) is 4.71. The van der Waals surface area contributed by atoms with E-state index in [1.165, 1.54) is 13.1 Å². The van der Waals surface area contributed by atoms with Gasteiger partial charge in [0, 0.05) is 5.56 Å². The number of carbonyl (C=O) groups is 1. The van der Waals surface area contributed by atoms with Gasteiger partial charge in [0.25, 0.3) is 0 Å². The first-order valence-electron chi connectivity index (χ1n) is 8.64. The van der Waals surface area contributed by atoms with Crippen molar-refractivity contribution in [3.05, 3.63) is 51.5 Å². The summed E-state index contributed by atoms with van der Waals surface area (Å²) in [4.78, 5) is 15.5. The Bertz CT molecular complexity index is 862. The number of phenols is 1. The molecule has 0 spiro atoms. The zero-order valence-electron chi connectivity index (χ0n) is 15.6. The first kappa shape index (κ1) is 21.9. The molecule has 150 valence electrons. The molecule has 0 saturated heterocycles. The average Bonchev–Trinajstić information content (AvgIpc) is 2.65. The van der Waals surface area contributed by atoms with E-state index in [4.69, 9.17) is 37.9 Å². The maximum absolute atomic E-state index is 10.7. The number of oxime groups is 1. The van der Waals surface area contributed by atoms with Crippen LogP contribution in [0.3, 0.4) is 0 Å². The molecule has 2 atom stereocenters. The van der Waals surface area contributed by atoms with E-state index in [0.29, 0.717) is 11.3 Å². The van der Waals surface area contributed by atoms with Gasteiger partial charge in [0.1, 0.15) is 11.5 Å². The Morgan fingerprint density at radius 3 is 2.43 bits per heavy atom. The molecule has 0 amide bonds. The summed E-state index contributed by atoms with van der Waals surface area (Å²) in [7, 11) is 0. The normalized spacial score (nSPS) is 13.3. The van der Waals surface area contributed by atoms with Crippen LogP contribution in [0, 0.1) is 0 Å². The highest BCUT2D eigenvalue weighted by Gasteiger charge is 2.15. The van der Waals surface area contributed by atoms with Crippen LogP contribution in [0.2, 0.25) is 10.0 Å². The van der Waals surface area contributed by atoms with Crippen LogP contribution in [-0.2, 0) is 9.63 Å². The Morgan fingerprint density at radius 1 is 1.21 bits per heavy atom. The zero-order chi connectivity index (χ0) is 20.8. The van der Waals surface area contributed by atoms with Crippen LogP contribution >= 0.6 is 23.2 Å². The van der Waals surface area contributed by atoms with Gasteiger partial charge in [-0.25, -0.2) is 4.79 Å². The van der Waals surface area contributed by atoms with E-state index < -0.39 is 12.1 Å². The summed E-state index contributed by atoms with van der Waals surface area (Å²) in [5, 5.41) is 22.9. The molecule has 0 fully saturated rings. The predicted molar refractivity (Wildman–Crippen MR) is 109 cm³/mol. The van der Waals surface area contributed by atoms with E-state index in [1.807, 2.05) is 13.8 Å². The second kappa shape index (κ2) is 9.66. The fourth-order valence-electron chi connectivity index (χ4n) is 2.31. The van der Waals surface area contributed by atoms with E-state index in [9.17, 15) is 9.90 Å². The smallest absolute Gasteiger partial charge is 0.347 e. The zero-order valence-corrected chi connectivity index (χ0v) is 17.2. The standard InChI is InChI=1S/C20H21Cl2NO5/c1-4-11(2)15-9-14(5-6-18(15)24)27-19-16(21)7-13(8-17(19)22)10-23-28-12(3)20(25)26/h5-12,24H,4H2,1-3H3,(H,25,26)/b23-10-. The molecule has 2 rings (SSSR count). The summed E-state index contributed by atoms with van der Waals surface area (Å²) in [6.45, 7) is 5.41. The maximum atomic E-state index is 10.7. The molecule has 0 aliphatic heterocycles. The third-order valence-electron chi connectivity index (χ3n) is 4.15. The molecular formula is C20H21Cl2NO5. The van der Waals surface area contributed by atoms with Crippen molar-refractivity contribution in [2.75, 3.05) is 0 Å². The lowest BCUT2D eigenvalue weighted by Crippen LogP contribution is -2.17. The molecular weight excluding hydrogens is 405 g/mol. The summed E-state index contributed by atoms with van der Waals surface area (Å²) >= 11 is 12.6. The summed E-state index contributed by atoms with van der Waals surface area (Å²) in [5.74, 6) is 0.0166. The van der Waals surface area contributed by atoms with E-state index in [1.54, 1.807) is 30.3 Å². The van der Waals surface area contributed by atoms with Gasteiger partial charge < -0.3 is 19.8 Å². The predicted octanol–water partition coefficient (Wildman–Crippen LogP) is 5.83. The number of aliphatic carboxylic acids is 1. The Morgan fingerprint density at radius 2 is 1.86 bits per heavy atom. The van der Waals surface area contributed by atoms with Crippen molar-refractivity contribution in [2.24, 2.45) is 5.16 Å². The number of ether oxygens (including phenoxy) is 1. The number of halogens is 2. The van der Waals surface area contributed by atoms with Crippen LogP contribution in [0.15, 0.2) is 35.5 Å². The third kappa shape index (κ3) is 5.53. The number of aromatic hydroxyl groups is 1. The van der Waals surface area contributed by atoms with Gasteiger partial charge >= 0.3 is 5.97 Å². The molecule has 2 N–H and O–H groups in total. The van der Waals surface area contributed by atoms with Crippen LogP contribution in [-0.4, -0.2) is 28.5 Å². The molecule has 0 bridgehead atoms. The Labute approximate surface area is 173 Å². The van der Waals surface area contributed by atoms with Gasteiger partial charge in [0.2, 0.25) is 6.10 Å². The molecule has 6 nitrogen and oxygen atoms in total. The first-order chi connectivity index (χ1) is 13.2. The highest BCUT2D eigenvalue weighted by Crippen LogP contribution is 2.39. The van der Waals surface area contributed by atoms with Crippen LogP contribution in [0.4, 0.5) is 0 Å². The van der Waals surface area contributed by atoms with Crippen molar-refractivity contribution in [3.8, 4) is 17.2 Å². The van der Waals surface area contributed by atoms with Gasteiger partial charge in [-0.1, -0.05) is 42.2 Å². The lowest BCUT2D eigenvalue weighted by atomic mass is 9.97. The molecule has 2 aromatic carbocycles. The average molecular weight is 426 g/mol. The molecule has 0 aliphatic carbocycles. The second-order valence-electron chi connectivity index (χ2n) is 6.27.